The van der Waals surface area contributed by atoms with Crippen molar-refractivity contribution in [3.05, 3.63) is 60.7 Å². The Hall–Kier alpha value is -2.22. The molecule has 1 aliphatic rings. The van der Waals surface area contributed by atoms with E-state index in [-0.39, 0.29) is 5.91 Å². The Bertz CT molecular complexity index is 942. The van der Waals surface area contributed by atoms with Crippen molar-refractivity contribution in [2.75, 3.05) is 24.2 Å². The second-order valence-corrected chi connectivity index (χ2v) is 9.69. The zero-order valence-electron chi connectivity index (χ0n) is 16.5. The smallest absolute Gasteiger partial charge is 0.236 e. The number of aromatic nitrogens is 1. The molecule has 4 nitrogen and oxygen atoms in total. The zero-order valence-corrected chi connectivity index (χ0v) is 19.0. The lowest BCUT2D eigenvalue weighted by Gasteiger charge is -2.28. The van der Waals surface area contributed by atoms with Crippen LogP contribution in [0.15, 0.2) is 60.7 Å². The number of likely N-dealkylation sites (tertiary alicyclic amines) is 1. The van der Waals surface area contributed by atoms with Crippen LogP contribution in [0, 0.1) is 0 Å². The molecule has 3 aromatic rings. The monoisotopic (exact) mass is 453 g/mol. The van der Waals surface area contributed by atoms with E-state index in [0.717, 1.165) is 39.1 Å². The topological polar surface area (TPSA) is 45.2 Å². The van der Waals surface area contributed by atoms with Gasteiger partial charge in [-0.05, 0) is 24.8 Å². The van der Waals surface area contributed by atoms with E-state index in [1.165, 1.54) is 42.4 Å². The number of thiocarbonyl (C=S) groups is 1. The first-order valence-electron chi connectivity index (χ1n) is 10.0. The number of piperidine rings is 1. The van der Waals surface area contributed by atoms with E-state index in [4.69, 9.17) is 17.2 Å². The SMILES string of the molecule is O=C(CSC(=S)N1CCCCC1)Nc1nc(-c2ccccc2)c(-c2ccccc2)s1. The van der Waals surface area contributed by atoms with E-state index in [1.807, 2.05) is 48.5 Å². The van der Waals surface area contributed by atoms with Crippen LogP contribution in [-0.4, -0.2) is 39.0 Å². The third-order valence-corrected chi connectivity index (χ3v) is 7.44. The van der Waals surface area contributed by atoms with Crippen LogP contribution in [0.4, 0.5) is 5.13 Å². The molecule has 30 heavy (non-hydrogen) atoms. The van der Waals surface area contributed by atoms with Crippen molar-refractivity contribution < 1.29 is 4.79 Å². The number of benzene rings is 2. The highest BCUT2D eigenvalue weighted by Crippen LogP contribution is 2.38. The first kappa shape index (κ1) is 21.0. The van der Waals surface area contributed by atoms with Gasteiger partial charge in [0.15, 0.2) is 5.13 Å². The van der Waals surface area contributed by atoms with Crippen LogP contribution >= 0.6 is 35.3 Å². The molecule has 2 aromatic carbocycles. The Morgan fingerprint density at radius 1 is 1.00 bits per heavy atom. The summed E-state index contributed by atoms with van der Waals surface area (Å²) < 4.78 is 0.818. The molecule has 1 aromatic heterocycles. The number of nitrogens with zero attached hydrogens (tertiary/aromatic N) is 2. The fourth-order valence-electron chi connectivity index (χ4n) is 3.40. The Balaban J connectivity index is 1.47. The zero-order chi connectivity index (χ0) is 20.8. The van der Waals surface area contributed by atoms with Crippen LogP contribution in [0.2, 0.25) is 0 Å². The van der Waals surface area contributed by atoms with Gasteiger partial charge >= 0.3 is 0 Å². The number of hydrogen-bond acceptors (Lipinski definition) is 5. The summed E-state index contributed by atoms with van der Waals surface area (Å²) in [5, 5.41) is 3.58. The molecule has 0 aliphatic carbocycles. The lowest BCUT2D eigenvalue weighted by molar-refractivity contribution is -0.113. The summed E-state index contributed by atoms with van der Waals surface area (Å²) >= 11 is 8.44. The average molecular weight is 454 g/mol. The Morgan fingerprint density at radius 3 is 2.30 bits per heavy atom. The minimum absolute atomic E-state index is 0.0765. The third kappa shape index (κ3) is 5.28. The number of anilines is 1. The predicted molar refractivity (Wildman–Crippen MR) is 132 cm³/mol. The van der Waals surface area contributed by atoms with Crippen LogP contribution in [-0.2, 0) is 4.79 Å². The van der Waals surface area contributed by atoms with Gasteiger partial charge in [-0.3, -0.25) is 4.79 Å². The summed E-state index contributed by atoms with van der Waals surface area (Å²) in [5.41, 5.74) is 3.02. The minimum Gasteiger partial charge on any atom is -0.358 e. The third-order valence-electron chi connectivity index (χ3n) is 4.90. The number of thiazole rings is 1. The maximum absolute atomic E-state index is 12.5. The second kappa shape index (κ2) is 10.2. The van der Waals surface area contributed by atoms with Crippen molar-refractivity contribution in [2.24, 2.45) is 0 Å². The van der Waals surface area contributed by atoms with Gasteiger partial charge in [-0.15, -0.1) is 0 Å². The number of carbonyl (C=O) groups excluding carboxylic acids is 1. The number of carbonyl (C=O) groups is 1. The van der Waals surface area contributed by atoms with Crippen molar-refractivity contribution in [2.45, 2.75) is 19.3 Å². The summed E-state index contributed by atoms with van der Waals surface area (Å²) in [7, 11) is 0. The number of amides is 1. The normalized spacial score (nSPS) is 13.8. The lowest BCUT2D eigenvalue weighted by atomic mass is 10.1. The van der Waals surface area contributed by atoms with E-state index in [9.17, 15) is 4.79 Å². The number of hydrogen-bond donors (Lipinski definition) is 1. The molecule has 1 fully saturated rings. The molecule has 4 rings (SSSR count). The molecule has 0 unspecified atom stereocenters. The van der Waals surface area contributed by atoms with Gasteiger partial charge in [0.25, 0.3) is 0 Å². The summed E-state index contributed by atoms with van der Waals surface area (Å²) in [5.74, 6) is 0.225. The van der Waals surface area contributed by atoms with Crippen molar-refractivity contribution >= 4 is 50.7 Å². The fourth-order valence-corrected chi connectivity index (χ4v) is 5.46. The number of rotatable bonds is 5. The molecule has 0 radical (unpaired) electrons. The number of nitrogens with one attached hydrogen (secondary N) is 1. The quantitative estimate of drug-likeness (QED) is 0.486. The van der Waals surface area contributed by atoms with Gasteiger partial charge < -0.3 is 10.2 Å². The van der Waals surface area contributed by atoms with Gasteiger partial charge in [0.2, 0.25) is 5.91 Å². The van der Waals surface area contributed by atoms with Crippen molar-refractivity contribution in [1.29, 1.82) is 0 Å². The maximum atomic E-state index is 12.5. The summed E-state index contributed by atoms with van der Waals surface area (Å²) in [6, 6.07) is 20.2. The Kier molecular flexibility index (Phi) is 7.15. The predicted octanol–water partition coefficient (Wildman–Crippen LogP) is 5.92. The van der Waals surface area contributed by atoms with Crippen molar-refractivity contribution in [1.82, 2.24) is 9.88 Å². The van der Waals surface area contributed by atoms with Gasteiger partial charge in [-0.1, -0.05) is 96.0 Å². The van der Waals surface area contributed by atoms with Crippen LogP contribution < -0.4 is 5.32 Å². The van der Waals surface area contributed by atoms with Gasteiger partial charge in [-0.2, -0.15) is 0 Å². The first-order valence-corrected chi connectivity index (χ1v) is 12.2. The maximum Gasteiger partial charge on any atom is 0.236 e. The van der Waals surface area contributed by atoms with Gasteiger partial charge in [0.1, 0.15) is 4.32 Å². The molecule has 0 atom stereocenters. The standard InChI is InChI=1S/C23H23N3OS3/c27-19(16-29-23(28)26-14-8-3-9-15-26)24-22-25-20(17-10-4-1-5-11-17)21(30-22)18-12-6-2-7-13-18/h1-2,4-7,10-13H,3,8-9,14-16H2,(H,24,25,27). The molecule has 2 heterocycles. The Morgan fingerprint density at radius 2 is 1.63 bits per heavy atom. The van der Waals surface area contributed by atoms with Gasteiger partial charge in [0, 0.05) is 18.7 Å². The van der Waals surface area contributed by atoms with Crippen LogP contribution in [0.1, 0.15) is 19.3 Å². The minimum atomic E-state index is -0.0765. The highest BCUT2D eigenvalue weighted by Gasteiger charge is 2.18. The van der Waals surface area contributed by atoms with Crippen LogP contribution in [0.3, 0.4) is 0 Å². The molecule has 0 saturated carbocycles. The van der Waals surface area contributed by atoms with E-state index < -0.39 is 0 Å². The molecule has 154 valence electrons. The molecule has 0 bridgehead atoms. The first-order chi connectivity index (χ1) is 14.7. The molecule has 7 heteroatoms. The molecular formula is C23H23N3OS3. The molecule has 0 spiro atoms. The van der Waals surface area contributed by atoms with E-state index >= 15 is 0 Å². The fraction of sp³-hybridized carbons (Fsp3) is 0.261. The molecule has 1 saturated heterocycles. The van der Waals surface area contributed by atoms with Crippen molar-refractivity contribution in [3.63, 3.8) is 0 Å². The largest absolute Gasteiger partial charge is 0.358 e. The molecule has 1 N–H and O–H groups in total. The number of thioether (sulfide) groups is 1. The van der Waals surface area contributed by atoms with Crippen molar-refractivity contribution in [3.8, 4) is 21.7 Å². The average Bonchev–Trinajstić information content (AvgIpc) is 3.23. The van der Waals surface area contributed by atoms with Gasteiger partial charge in [0.05, 0.1) is 16.3 Å². The summed E-state index contributed by atoms with van der Waals surface area (Å²) in [6.45, 7) is 2.00. The van der Waals surface area contributed by atoms with Crippen LogP contribution in [0.5, 0.6) is 0 Å². The van der Waals surface area contributed by atoms with Crippen LogP contribution in [0.25, 0.3) is 21.7 Å². The molecule has 1 aliphatic heterocycles. The van der Waals surface area contributed by atoms with E-state index in [0.29, 0.717) is 10.9 Å². The van der Waals surface area contributed by atoms with Gasteiger partial charge in [-0.25, -0.2) is 4.98 Å². The van der Waals surface area contributed by atoms with E-state index in [1.54, 1.807) is 0 Å². The highest BCUT2D eigenvalue weighted by molar-refractivity contribution is 8.23. The Labute approximate surface area is 190 Å². The highest BCUT2D eigenvalue weighted by atomic mass is 32.2. The summed E-state index contributed by atoms with van der Waals surface area (Å²) in [4.78, 5) is 20.6. The lowest BCUT2D eigenvalue weighted by Crippen LogP contribution is -2.33. The summed E-state index contributed by atoms with van der Waals surface area (Å²) in [6.07, 6.45) is 3.62. The second-order valence-electron chi connectivity index (χ2n) is 7.08. The van der Waals surface area contributed by atoms with E-state index in [2.05, 4.69) is 22.3 Å². The molecular weight excluding hydrogens is 430 g/mol. The molecule has 1 amide bonds.